The molecular weight excluding hydrogens is 321 g/mol. The van der Waals surface area contributed by atoms with Gasteiger partial charge in [-0.3, -0.25) is 0 Å². The third kappa shape index (κ3) is 5.97. The summed E-state index contributed by atoms with van der Waals surface area (Å²) in [5.74, 6) is -0.0540. The van der Waals surface area contributed by atoms with Crippen molar-refractivity contribution in [2.75, 3.05) is 7.11 Å². The summed E-state index contributed by atoms with van der Waals surface area (Å²) in [6.45, 7) is 1.82. The van der Waals surface area contributed by atoms with E-state index in [0.29, 0.717) is 19.7 Å². The third-order valence-corrected chi connectivity index (χ3v) is 3.57. The van der Waals surface area contributed by atoms with E-state index in [0.717, 1.165) is 16.7 Å². The molecule has 124 valence electrons. The number of hydrogen-bond acceptors (Lipinski definition) is 5. The molecule has 23 heavy (non-hydrogen) atoms. The van der Waals surface area contributed by atoms with Crippen LogP contribution in [0.3, 0.4) is 0 Å². The minimum absolute atomic E-state index is 0.0540. The number of hydrogen-bond donors (Lipinski definition) is 1. The van der Waals surface area contributed by atoms with Gasteiger partial charge < -0.3 is 14.2 Å². The number of rotatable bonds is 8. The van der Waals surface area contributed by atoms with Gasteiger partial charge in [-0.1, -0.05) is 40.3 Å². The van der Waals surface area contributed by atoms with E-state index in [1.807, 2.05) is 24.3 Å². The summed E-state index contributed by atoms with van der Waals surface area (Å²) in [7, 11) is -3.32. The molecule has 0 saturated carbocycles. The van der Waals surface area contributed by atoms with Crippen LogP contribution >= 0.6 is 0 Å². The molecule has 0 aromatic heterocycles. The monoisotopic (exact) mass is 339 g/mol. The molecule has 0 aliphatic rings. The van der Waals surface area contributed by atoms with Gasteiger partial charge in [0.15, 0.2) is 0 Å². The van der Waals surface area contributed by atoms with E-state index < -0.39 is 10.5 Å². The summed E-state index contributed by atoms with van der Waals surface area (Å²) in [5.41, 5.74) is 3.20. The normalized spacial score (nSPS) is 11.4. The number of halogens is 1. The Hall–Kier alpha value is -1.96. The Kier molecular flexibility index (Phi) is 6.09. The van der Waals surface area contributed by atoms with Gasteiger partial charge in [0, 0.05) is 20.2 Å². The van der Waals surface area contributed by atoms with Crippen molar-refractivity contribution < 1.29 is 21.2 Å². The Morgan fingerprint density at radius 2 is 1.65 bits per heavy atom. The molecule has 0 radical (unpaired) electrons. The Morgan fingerprint density at radius 3 is 2.26 bits per heavy atom. The van der Waals surface area contributed by atoms with Gasteiger partial charge in [0.1, 0.15) is 5.75 Å². The standard InChI is InChI=1S/C16H18FNO4S/c1-21-12-15-5-3-2-4-14(15)11-18-10-13-6-8-16(9-7-13)22-23(17,19)20/h2-9,18H,10-12H2,1H3. The molecule has 2 aromatic carbocycles. The van der Waals surface area contributed by atoms with Crippen molar-refractivity contribution >= 4 is 10.5 Å². The first kappa shape index (κ1) is 17.4. The van der Waals surface area contributed by atoms with Crippen molar-refractivity contribution in [2.45, 2.75) is 19.7 Å². The smallest absolute Gasteiger partial charge is 0.380 e. The second-order valence-electron chi connectivity index (χ2n) is 4.93. The summed E-state index contributed by atoms with van der Waals surface area (Å²) >= 11 is 0. The number of benzene rings is 2. The highest BCUT2D eigenvalue weighted by atomic mass is 32.3. The van der Waals surface area contributed by atoms with Gasteiger partial charge in [-0.05, 0) is 28.8 Å². The van der Waals surface area contributed by atoms with Crippen LogP contribution in [0.2, 0.25) is 0 Å². The fourth-order valence-electron chi connectivity index (χ4n) is 2.15. The van der Waals surface area contributed by atoms with Crippen LogP contribution in [0.4, 0.5) is 3.89 Å². The van der Waals surface area contributed by atoms with Crippen LogP contribution in [0.1, 0.15) is 16.7 Å². The summed E-state index contributed by atoms with van der Waals surface area (Å²) < 4.78 is 42.5. The predicted molar refractivity (Wildman–Crippen MR) is 84.8 cm³/mol. The Labute approximate surface area is 135 Å². The molecule has 0 atom stereocenters. The highest BCUT2D eigenvalue weighted by Crippen LogP contribution is 2.15. The van der Waals surface area contributed by atoms with E-state index in [-0.39, 0.29) is 5.75 Å². The molecule has 0 aliphatic carbocycles. The number of nitrogens with one attached hydrogen (secondary N) is 1. The molecular formula is C16H18FNO4S. The molecule has 2 rings (SSSR count). The van der Waals surface area contributed by atoms with Gasteiger partial charge in [-0.25, -0.2) is 0 Å². The molecule has 0 aliphatic heterocycles. The van der Waals surface area contributed by atoms with E-state index in [2.05, 4.69) is 9.50 Å². The van der Waals surface area contributed by atoms with E-state index >= 15 is 0 Å². The Balaban J connectivity index is 1.89. The van der Waals surface area contributed by atoms with E-state index in [1.165, 1.54) is 12.1 Å². The van der Waals surface area contributed by atoms with Crippen LogP contribution in [-0.2, 0) is 34.9 Å². The van der Waals surface area contributed by atoms with Gasteiger partial charge in [-0.15, -0.1) is 0 Å². The van der Waals surface area contributed by atoms with Crippen molar-refractivity contribution in [3.8, 4) is 5.75 Å². The van der Waals surface area contributed by atoms with E-state index in [1.54, 1.807) is 19.2 Å². The minimum atomic E-state index is -4.98. The first-order valence-corrected chi connectivity index (χ1v) is 8.28. The zero-order chi connectivity index (χ0) is 16.7. The zero-order valence-electron chi connectivity index (χ0n) is 12.7. The van der Waals surface area contributed by atoms with Crippen molar-refractivity contribution in [3.63, 3.8) is 0 Å². The largest absolute Gasteiger partial charge is 0.488 e. The van der Waals surface area contributed by atoms with Crippen LogP contribution in [0, 0.1) is 0 Å². The molecule has 0 fully saturated rings. The highest BCUT2D eigenvalue weighted by molar-refractivity contribution is 7.81. The van der Waals surface area contributed by atoms with Crippen molar-refractivity contribution in [3.05, 3.63) is 65.2 Å². The van der Waals surface area contributed by atoms with Gasteiger partial charge in [-0.2, -0.15) is 8.42 Å². The second kappa shape index (κ2) is 8.05. The van der Waals surface area contributed by atoms with Gasteiger partial charge in [0.05, 0.1) is 6.61 Å². The SMILES string of the molecule is COCc1ccccc1CNCc1ccc(OS(=O)(=O)F)cc1. The van der Waals surface area contributed by atoms with Crippen molar-refractivity contribution in [1.82, 2.24) is 5.32 Å². The molecule has 5 nitrogen and oxygen atoms in total. The third-order valence-electron chi connectivity index (χ3n) is 3.18. The lowest BCUT2D eigenvalue weighted by Gasteiger charge is -2.10. The van der Waals surface area contributed by atoms with Gasteiger partial charge >= 0.3 is 10.5 Å². The predicted octanol–water partition coefficient (Wildman–Crippen LogP) is 2.72. The highest BCUT2D eigenvalue weighted by Gasteiger charge is 2.09. The van der Waals surface area contributed by atoms with Crippen LogP contribution in [0.15, 0.2) is 48.5 Å². The molecule has 0 unspecified atom stereocenters. The van der Waals surface area contributed by atoms with Crippen LogP contribution in [0.25, 0.3) is 0 Å². The van der Waals surface area contributed by atoms with E-state index in [9.17, 15) is 12.3 Å². The zero-order valence-corrected chi connectivity index (χ0v) is 13.5. The summed E-state index contributed by atoms with van der Waals surface area (Å²) in [5, 5.41) is 3.30. The van der Waals surface area contributed by atoms with Gasteiger partial charge in [0.25, 0.3) is 0 Å². The van der Waals surface area contributed by atoms with Crippen LogP contribution in [-0.4, -0.2) is 15.5 Å². The fraction of sp³-hybridized carbons (Fsp3) is 0.250. The first-order valence-electron chi connectivity index (χ1n) is 6.97. The molecule has 0 saturated heterocycles. The summed E-state index contributed by atoms with van der Waals surface area (Å²) in [4.78, 5) is 0. The van der Waals surface area contributed by atoms with E-state index in [4.69, 9.17) is 4.74 Å². The average molecular weight is 339 g/mol. The second-order valence-corrected chi connectivity index (χ2v) is 5.88. The lowest BCUT2D eigenvalue weighted by molar-refractivity contribution is 0.184. The molecule has 0 bridgehead atoms. The molecule has 1 N–H and O–H groups in total. The molecule has 7 heteroatoms. The van der Waals surface area contributed by atoms with Crippen molar-refractivity contribution in [1.29, 1.82) is 0 Å². The topological polar surface area (TPSA) is 64.6 Å². The molecule has 0 heterocycles. The van der Waals surface area contributed by atoms with Crippen LogP contribution < -0.4 is 9.50 Å². The minimum Gasteiger partial charge on any atom is -0.380 e. The summed E-state index contributed by atoms with van der Waals surface area (Å²) in [6, 6.07) is 14.2. The lowest BCUT2D eigenvalue weighted by Crippen LogP contribution is -2.14. The van der Waals surface area contributed by atoms with Crippen molar-refractivity contribution in [2.24, 2.45) is 0 Å². The Morgan fingerprint density at radius 1 is 1.00 bits per heavy atom. The quantitative estimate of drug-likeness (QED) is 0.749. The maximum atomic E-state index is 12.4. The number of ether oxygens (including phenoxy) is 1. The maximum absolute atomic E-state index is 12.4. The average Bonchev–Trinajstić information content (AvgIpc) is 2.49. The first-order chi connectivity index (χ1) is 11.0. The van der Waals surface area contributed by atoms with Gasteiger partial charge in [0.2, 0.25) is 0 Å². The lowest BCUT2D eigenvalue weighted by atomic mass is 10.1. The number of methoxy groups -OCH3 is 1. The molecule has 2 aromatic rings. The Bertz CT molecular complexity index is 732. The maximum Gasteiger partial charge on any atom is 0.488 e. The summed E-state index contributed by atoms with van der Waals surface area (Å²) in [6.07, 6.45) is 0. The molecule has 0 amide bonds. The fourth-order valence-corrected chi connectivity index (χ4v) is 2.49. The molecule has 0 spiro atoms. The van der Waals surface area contributed by atoms with Crippen LogP contribution in [0.5, 0.6) is 5.75 Å².